The van der Waals surface area contributed by atoms with Crippen LogP contribution in [0.4, 0.5) is 15.2 Å². The number of hydrogen-bond donors (Lipinski definition) is 1. The zero-order chi connectivity index (χ0) is 13.8. The van der Waals surface area contributed by atoms with Crippen molar-refractivity contribution >= 4 is 28.1 Å². The summed E-state index contributed by atoms with van der Waals surface area (Å²) < 4.78 is 18.1. The Kier molecular flexibility index (Phi) is 4.11. The largest absolute Gasteiger partial charge is 0.461 e. The Balaban J connectivity index is 2.13. The molecule has 1 aromatic carbocycles. The van der Waals surface area contributed by atoms with Gasteiger partial charge in [-0.05, 0) is 37.6 Å². The number of benzene rings is 1. The van der Waals surface area contributed by atoms with Crippen LogP contribution in [0.1, 0.15) is 23.0 Å². The Morgan fingerprint density at radius 3 is 2.95 bits per heavy atom. The van der Waals surface area contributed by atoms with Crippen LogP contribution in [0.25, 0.3) is 0 Å². The number of nitrogens with zero attached hydrogens (tertiary/aromatic N) is 1. The van der Waals surface area contributed by atoms with Gasteiger partial charge in [-0.25, -0.2) is 14.2 Å². The fourth-order valence-electron chi connectivity index (χ4n) is 1.56. The predicted molar refractivity (Wildman–Crippen MR) is 72.5 cm³/mol. The van der Waals surface area contributed by atoms with Gasteiger partial charge < -0.3 is 10.1 Å². The minimum atomic E-state index is -0.456. The number of aromatic nitrogens is 1. The van der Waals surface area contributed by atoms with Crippen molar-refractivity contribution in [1.29, 1.82) is 0 Å². The zero-order valence-corrected chi connectivity index (χ0v) is 11.4. The second-order valence-electron chi connectivity index (χ2n) is 3.90. The second kappa shape index (κ2) is 5.79. The first-order chi connectivity index (χ1) is 9.08. The van der Waals surface area contributed by atoms with Gasteiger partial charge in [-0.15, -0.1) is 11.3 Å². The van der Waals surface area contributed by atoms with Crippen molar-refractivity contribution in [2.45, 2.75) is 13.8 Å². The standard InChI is InChI=1S/C13H13FN2O2S/c1-3-18-12(17)11-7-19-13(16-11)15-10-5-8(2)4-9(14)6-10/h4-7H,3H2,1-2H3,(H,15,16). The zero-order valence-electron chi connectivity index (χ0n) is 10.6. The average Bonchev–Trinajstić information content (AvgIpc) is 2.76. The Labute approximate surface area is 114 Å². The highest BCUT2D eigenvalue weighted by Crippen LogP contribution is 2.22. The van der Waals surface area contributed by atoms with Gasteiger partial charge in [0.2, 0.25) is 0 Å². The number of anilines is 2. The third kappa shape index (κ3) is 3.51. The predicted octanol–water partition coefficient (Wildman–Crippen LogP) is 3.51. The van der Waals surface area contributed by atoms with Crippen molar-refractivity contribution in [1.82, 2.24) is 4.98 Å². The lowest BCUT2D eigenvalue weighted by Crippen LogP contribution is -2.05. The highest BCUT2D eigenvalue weighted by molar-refractivity contribution is 7.14. The van der Waals surface area contributed by atoms with Crippen molar-refractivity contribution in [3.63, 3.8) is 0 Å². The van der Waals surface area contributed by atoms with Crippen molar-refractivity contribution in [2.24, 2.45) is 0 Å². The molecular weight excluding hydrogens is 267 g/mol. The van der Waals surface area contributed by atoms with E-state index in [-0.39, 0.29) is 11.5 Å². The maximum Gasteiger partial charge on any atom is 0.357 e. The molecule has 0 unspecified atom stereocenters. The lowest BCUT2D eigenvalue weighted by molar-refractivity contribution is 0.0520. The molecule has 0 saturated carbocycles. The summed E-state index contributed by atoms with van der Waals surface area (Å²) in [5, 5.41) is 5.09. The highest BCUT2D eigenvalue weighted by Gasteiger charge is 2.11. The van der Waals surface area contributed by atoms with Crippen molar-refractivity contribution in [3.05, 3.63) is 40.7 Å². The van der Waals surface area contributed by atoms with E-state index in [0.717, 1.165) is 5.56 Å². The molecule has 0 radical (unpaired) electrons. The molecule has 1 N–H and O–H groups in total. The van der Waals surface area contributed by atoms with Crippen LogP contribution in [0.15, 0.2) is 23.6 Å². The number of nitrogens with one attached hydrogen (secondary N) is 1. The van der Waals surface area contributed by atoms with E-state index in [1.165, 1.54) is 23.5 Å². The monoisotopic (exact) mass is 280 g/mol. The smallest absolute Gasteiger partial charge is 0.357 e. The number of halogens is 1. The van der Waals surface area contributed by atoms with E-state index in [1.807, 2.05) is 0 Å². The number of thiazole rings is 1. The third-order valence-corrected chi connectivity index (χ3v) is 3.04. The second-order valence-corrected chi connectivity index (χ2v) is 4.76. The van der Waals surface area contributed by atoms with Gasteiger partial charge in [0, 0.05) is 11.1 Å². The van der Waals surface area contributed by atoms with Gasteiger partial charge in [-0.1, -0.05) is 0 Å². The average molecular weight is 280 g/mol. The summed E-state index contributed by atoms with van der Waals surface area (Å²) in [4.78, 5) is 15.5. The van der Waals surface area contributed by atoms with E-state index in [1.54, 1.807) is 25.3 Å². The fourth-order valence-corrected chi connectivity index (χ4v) is 2.26. The van der Waals surface area contributed by atoms with Crippen LogP contribution in [0.5, 0.6) is 0 Å². The molecule has 4 nitrogen and oxygen atoms in total. The Morgan fingerprint density at radius 1 is 1.47 bits per heavy atom. The van der Waals surface area contributed by atoms with Gasteiger partial charge >= 0.3 is 5.97 Å². The van der Waals surface area contributed by atoms with Crippen molar-refractivity contribution in [2.75, 3.05) is 11.9 Å². The molecule has 0 aliphatic carbocycles. The number of rotatable bonds is 4. The molecule has 100 valence electrons. The molecule has 1 aromatic heterocycles. The van der Waals surface area contributed by atoms with Crippen LogP contribution in [0.3, 0.4) is 0 Å². The van der Waals surface area contributed by atoms with E-state index in [9.17, 15) is 9.18 Å². The fraction of sp³-hybridized carbons (Fsp3) is 0.231. The molecule has 0 aliphatic rings. The number of aryl methyl sites for hydroxylation is 1. The SMILES string of the molecule is CCOC(=O)c1csc(Nc2cc(C)cc(F)c2)n1. The van der Waals surface area contributed by atoms with Crippen LogP contribution in [-0.4, -0.2) is 17.6 Å². The molecule has 0 bridgehead atoms. The van der Waals surface area contributed by atoms with E-state index in [2.05, 4.69) is 10.3 Å². The highest BCUT2D eigenvalue weighted by atomic mass is 32.1. The number of carbonyl (C=O) groups is 1. The number of ether oxygens (including phenoxy) is 1. The van der Waals surface area contributed by atoms with E-state index < -0.39 is 5.97 Å². The van der Waals surface area contributed by atoms with Crippen molar-refractivity contribution in [3.8, 4) is 0 Å². The normalized spacial score (nSPS) is 10.3. The van der Waals surface area contributed by atoms with Gasteiger partial charge in [0.05, 0.1) is 6.61 Å². The van der Waals surface area contributed by atoms with Gasteiger partial charge in [0.25, 0.3) is 0 Å². The molecule has 0 fully saturated rings. The minimum Gasteiger partial charge on any atom is -0.461 e. The summed E-state index contributed by atoms with van der Waals surface area (Å²) in [5.74, 6) is -0.771. The van der Waals surface area contributed by atoms with E-state index in [0.29, 0.717) is 17.4 Å². The molecule has 19 heavy (non-hydrogen) atoms. The molecule has 2 aromatic rings. The van der Waals surface area contributed by atoms with Crippen LogP contribution < -0.4 is 5.32 Å². The van der Waals surface area contributed by atoms with Gasteiger partial charge in [-0.3, -0.25) is 0 Å². The number of esters is 1. The first-order valence-electron chi connectivity index (χ1n) is 5.75. The summed E-state index contributed by atoms with van der Waals surface area (Å²) >= 11 is 1.26. The van der Waals surface area contributed by atoms with Crippen LogP contribution in [0.2, 0.25) is 0 Å². The van der Waals surface area contributed by atoms with E-state index >= 15 is 0 Å². The molecule has 0 atom stereocenters. The van der Waals surface area contributed by atoms with Crippen LogP contribution in [-0.2, 0) is 4.74 Å². The molecular formula is C13H13FN2O2S. The molecule has 0 amide bonds. The van der Waals surface area contributed by atoms with E-state index in [4.69, 9.17) is 4.74 Å². The Bertz CT molecular complexity index is 578. The summed E-state index contributed by atoms with van der Waals surface area (Å²) in [6.45, 7) is 3.85. The minimum absolute atomic E-state index is 0.252. The first-order valence-corrected chi connectivity index (χ1v) is 6.63. The molecule has 1 heterocycles. The van der Waals surface area contributed by atoms with Gasteiger partial charge in [0.1, 0.15) is 5.82 Å². The first kappa shape index (κ1) is 13.5. The number of hydrogen-bond acceptors (Lipinski definition) is 5. The Hall–Kier alpha value is -1.95. The van der Waals surface area contributed by atoms with Gasteiger partial charge in [-0.2, -0.15) is 0 Å². The lowest BCUT2D eigenvalue weighted by Gasteiger charge is -2.04. The number of carbonyl (C=O) groups excluding carboxylic acids is 1. The lowest BCUT2D eigenvalue weighted by atomic mass is 10.2. The molecule has 2 rings (SSSR count). The quantitative estimate of drug-likeness (QED) is 0.871. The summed E-state index contributed by atoms with van der Waals surface area (Å²) in [7, 11) is 0. The molecule has 0 spiro atoms. The maximum absolute atomic E-state index is 13.2. The summed E-state index contributed by atoms with van der Waals surface area (Å²) in [6.07, 6.45) is 0. The molecule has 0 aliphatic heterocycles. The molecule has 0 saturated heterocycles. The maximum atomic E-state index is 13.2. The summed E-state index contributed by atoms with van der Waals surface area (Å²) in [6, 6.07) is 4.62. The molecule has 6 heteroatoms. The van der Waals surface area contributed by atoms with Crippen molar-refractivity contribution < 1.29 is 13.9 Å². The Morgan fingerprint density at radius 2 is 2.26 bits per heavy atom. The summed E-state index contributed by atoms with van der Waals surface area (Å²) in [5.41, 5.74) is 1.66. The van der Waals surface area contributed by atoms with Gasteiger partial charge in [0.15, 0.2) is 10.8 Å². The third-order valence-electron chi connectivity index (χ3n) is 2.28. The van der Waals surface area contributed by atoms with Crippen LogP contribution in [0, 0.1) is 12.7 Å². The topological polar surface area (TPSA) is 51.2 Å². The van der Waals surface area contributed by atoms with Crippen LogP contribution >= 0.6 is 11.3 Å².